The number of hydrogen-bond donors (Lipinski definition) is 2. The van der Waals surface area contributed by atoms with Crippen molar-refractivity contribution >= 4 is 23.3 Å². The van der Waals surface area contributed by atoms with Gasteiger partial charge in [0, 0.05) is 17.9 Å². The lowest BCUT2D eigenvalue weighted by molar-refractivity contribution is -0.119. The minimum absolute atomic E-state index is 0.0135. The first-order valence-corrected chi connectivity index (χ1v) is 11.2. The van der Waals surface area contributed by atoms with Crippen molar-refractivity contribution in [3.63, 3.8) is 0 Å². The molecule has 34 heavy (non-hydrogen) atoms. The molecule has 0 bridgehead atoms. The van der Waals surface area contributed by atoms with Crippen molar-refractivity contribution < 1.29 is 9.59 Å². The summed E-state index contributed by atoms with van der Waals surface area (Å²) in [5.74, 6) is 0.00924. The Morgan fingerprint density at radius 1 is 0.912 bits per heavy atom. The second-order valence-corrected chi connectivity index (χ2v) is 8.65. The Bertz CT molecular complexity index is 1220. The fourth-order valence-electron chi connectivity index (χ4n) is 4.00. The monoisotopic (exact) mass is 457 g/mol. The number of hydrogen-bond acceptors (Lipinski definition) is 4. The number of rotatable bonds is 8. The van der Waals surface area contributed by atoms with Crippen LogP contribution in [0.3, 0.4) is 0 Å². The van der Waals surface area contributed by atoms with E-state index in [9.17, 15) is 14.9 Å². The fourth-order valence-corrected chi connectivity index (χ4v) is 4.00. The maximum absolute atomic E-state index is 12.9. The van der Waals surface area contributed by atoms with E-state index in [2.05, 4.69) is 16.7 Å². The molecule has 0 aliphatic carbocycles. The summed E-state index contributed by atoms with van der Waals surface area (Å²) >= 11 is 0. The molecule has 0 saturated carbocycles. The fraction of sp³-hybridized carbons (Fsp3) is 0.296. The number of benzene rings is 2. The zero-order valence-electron chi connectivity index (χ0n) is 20.4. The standard InChI is InChI=1S/C27H31N5O2/c1-18-10-9-11-19(2)26(18)29-24(33)16-31(5)17-25(34)30-27-23(14-28)20(3)21(4)32(27)15-22-12-7-6-8-13-22/h6-13H,15-17H2,1-5H3,(H,29,33)(H,30,34). The molecule has 176 valence electrons. The van der Waals surface area contributed by atoms with Crippen molar-refractivity contribution in [1.82, 2.24) is 9.47 Å². The molecule has 2 N–H and O–H groups in total. The van der Waals surface area contributed by atoms with Crippen LogP contribution in [0.5, 0.6) is 0 Å². The van der Waals surface area contributed by atoms with E-state index in [0.717, 1.165) is 33.6 Å². The molecule has 2 amide bonds. The molecule has 0 radical (unpaired) electrons. The number of carbonyl (C=O) groups excluding carboxylic acids is 2. The Morgan fingerprint density at radius 3 is 2.09 bits per heavy atom. The van der Waals surface area contributed by atoms with E-state index in [0.29, 0.717) is 17.9 Å². The molecule has 0 aliphatic rings. The molecule has 1 heterocycles. The van der Waals surface area contributed by atoms with Crippen LogP contribution in [0.1, 0.15) is 33.5 Å². The molecule has 7 heteroatoms. The predicted octanol–water partition coefficient (Wildman–Crippen LogP) is 4.15. The minimum atomic E-state index is -0.286. The van der Waals surface area contributed by atoms with Gasteiger partial charge in [0.25, 0.3) is 0 Å². The number of nitriles is 1. The van der Waals surface area contributed by atoms with Crippen molar-refractivity contribution in [1.29, 1.82) is 5.26 Å². The molecule has 7 nitrogen and oxygen atoms in total. The lowest BCUT2D eigenvalue weighted by Crippen LogP contribution is -2.36. The van der Waals surface area contributed by atoms with Gasteiger partial charge >= 0.3 is 0 Å². The number of anilines is 2. The molecule has 0 spiro atoms. The largest absolute Gasteiger partial charge is 0.326 e. The van der Waals surface area contributed by atoms with Crippen LogP contribution in [0.4, 0.5) is 11.5 Å². The molecule has 0 aliphatic heterocycles. The number of nitrogens with zero attached hydrogens (tertiary/aromatic N) is 3. The second kappa shape index (κ2) is 10.8. The summed E-state index contributed by atoms with van der Waals surface area (Å²) in [6.45, 7) is 8.34. The molecule has 2 aromatic carbocycles. The van der Waals surface area contributed by atoms with Gasteiger partial charge in [0.2, 0.25) is 11.8 Å². The van der Waals surface area contributed by atoms with Crippen LogP contribution in [0.15, 0.2) is 48.5 Å². The third kappa shape index (κ3) is 5.72. The maximum atomic E-state index is 12.9. The summed E-state index contributed by atoms with van der Waals surface area (Å²) in [6.07, 6.45) is 0. The average Bonchev–Trinajstić information content (AvgIpc) is 3.00. The van der Waals surface area contributed by atoms with Gasteiger partial charge in [-0.15, -0.1) is 0 Å². The number of para-hydroxylation sites is 1. The number of nitrogens with one attached hydrogen (secondary N) is 2. The minimum Gasteiger partial charge on any atom is -0.326 e. The SMILES string of the molecule is Cc1cccc(C)c1NC(=O)CN(C)CC(=O)Nc1c(C#N)c(C)c(C)n1Cc1ccccc1. The van der Waals surface area contributed by atoms with Crippen molar-refractivity contribution in [2.45, 2.75) is 34.2 Å². The van der Waals surface area contributed by atoms with Gasteiger partial charge in [-0.3, -0.25) is 14.5 Å². The highest BCUT2D eigenvalue weighted by atomic mass is 16.2. The lowest BCUT2D eigenvalue weighted by Gasteiger charge is -2.18. The number of aryl methyl sites for hydroxylation is 2. The summed E-state index contributed by atoms with van der Waals surface area (Å²) in [5, 5.41) is 15.6. The first kappa shape index (κ1) is 24.7. The summed E-state index contributed by atoms with van der Waals surface area (Å²) in [7, 11) is 1.72. The summed E-state index contributed by atoms with van der Waals surface area (Å²) in [5.41, 5.74) is 6.07. The van der Waals surface area contributed by atoms with Crippen LogP contribution in [-0.2, 0) is 16.1 Å². The van der Waals surface area contributed by atoms with Crippen LogP contribution >= 0.6 is 0 Å². The van der Waals surface area contributed by atoms with Gasteiger partial charge in [-0.2, -0.15) is 5.26 Å². The topological polar surface area (TPSA) is 90.2 Å². The summed E-state index contributed by atoms with van der Waals surface area (Å²) < 4.78 is 1.95. The Balaban J connectivity index is 1.69. The Morgan fingerprint density at radius 2 is 1.50 bits per heavy atom. The van der Waals surface area contributed by atoms with E-state index in [1.807, 2.05) is 80.8 Å². The van der Waals surface area contributed by atoms with Gasteiger partial charge < -0.3 is 15.2 Å². The van der Waals surface area contributed by atoms with Crippen molar-refractivity contribution in [2.24, 2.45) is 0 Å². The van der Waals surface area contributed by atoms with Crippen LogP contribution in [-0.4, -0.2) is 41.4 Å². The van der Waals surface area contributed by atoms with E-state index in [-0.39, 0.29) is 24.9 Å². The van der Waals surface area contributed by atoms with Gasteiger partial charge in [-0.25, -0.2) is 0 Å². The van der Waals surface area contributed by atoms with E-state index < -0.39 is 0 Å². The van der Waals surface area contributed by atoms with Crippen LogP contribution in [0.25, 0.3) is 0 Å². The van der Waals surface area contributed by atoms with Crippen molar-refractivity contribution in [3.05, 3.63) is 82.0 Å². The van der Waals surface area contributed by atoms with E-state index in [4.69, 9.17) is 0 Å². The quantitative estimate of drug-likeness (QED) is 0.532. The maximum Gasteiger partial charge on any atom is 0.239 e. The first-order valence-electron chi connectivity index (χ1n) is 11.2. The smallest absolute Gasteiger partial charge is 0.239 e. The van der Waals surface area contributed by atoms with Gasteiger partial charge in [-0.1, -0.05) is 48.5 Å². The molecule has 0 saturated heterocycles. The molecular formula is C27H31N5O2. The molecule has 0 atom stereocenters. The average molecular weight is 458 g/mol. The highest BCUT2D eigenvalue weighted by Gasteiger charge is 2.21. The highest BCUT2D eigenvalue weighted by molar-refractivity contribution is 5.96. The molecule has 3 aromatic rings. The summed E-state index contributed by atoms with van der Waals surface area (Å²) in [6, 6.07) is 18.0. The van der Waals surface area contributed by atoms with Gasteiger partial charge in [0.1, 0.15) is 11.9 Å². The van der Waals surface area contributed by atoms with Gasteiger partial charge in [-0.05, 0) is 57.0 Å². The predicted molar refractivity (Wildman–Crippen MR) is 135 cm³/mol. The normalized spacial score (nSPS) is 10.7. The van der Waals surface area contributed by atoms with E-state index in [1.165, 1.54) is 0 Å². The Hall–Kier alpha value is -3.89. The zero-order valence-corrected chi connectivity index (χ0v) is 20.4. The molecular weight excluding hydrogens is 426 g/mol. The number of aromatic nitrogens is 1. The van der Waals surface area contributed by atoms with Gasteiger partial charge in [0.15, 0.2) is 0 Å². The third-order valence-corrected chi connectivity index (χ3v) is 5.96. The molecule has 0 unspecified atom stereocenters. The molecule has 3 rings (SSSR count). The number of amides is 2. The van der Waals surface area contributed by atoms with Crippen molar-refractivity contribution in [3.8, 4) is 6.07 Å². The number of carbonyl (C=O) groups is 2. The third-order valence-electron chi connectivity index (χ3n) is 5.96. The molecule has 1 aromatic heterocycles. The second-order valence-electron chi connectivity index (χ2n) is 8.65. The summed E-state index contributed by atoms with van der Waals surface area (Å²) in [4.78, 5) is 27.0. The van der Waals surface area contributed by atoms with E-state index >= 15 is 0 Å². The lowest BCUT2D eigenvalue weighted by atomic mass is 10.1. The van der Waals surface area contributed by atoms with Crippen LogP contribution in [0, 0.1) is 39.0 Å². The molecule has 0 fully saturated rings. The Kier molecular flexibility index (Phi) is 7.87. The zero-order chi connectivity index (χ0) is 24.8. The van der Waals surface area contributed by atoms with Crippen LogP contribution < -0.4 is 10.6 Å². The van der Waals surface area contributed by atoms with Crippen molar-refractivity contribution in [2.75, 3.05) is 30.8 Å². The van der Waals surface area contributed by atoms with Crippen LogP contribution in [0.2, 0.25) is 0 Å². The first-order chi connectivity index (χ1) is 16.2. The van der Waals surface area contributed by atoms with Gasteiger partial charge in [0.05, 0.1) is 18.7 Å². The van der Waals surface area contributed by atoms with E-state index in [1.54, 1.807) is 11.9 Å². The Labute approximate surface area is 201 Å². The highest BCUT2D eigenvalue weighted by Crippen LogP contribution is 2.27. The number of likely N-dealkylation sites (N-methyl/N-ethyl adjacent to an activating group) is 1.